The van der Waals surface area contributed by atoms with Crippen LogP contribution >= 0.6 is 0 Å². The molecule has 0 saturated carbocycles. The van der Waals surface area contributed by atoms with Crippen molar-refractivity contribution >= 4 is 5.97 Å². The Morgan fingerprint density at radius 1 is 0.812 bits per heavy atom. The van der Waals surface area contributed by atoms with E-state index in [0.29, 0.717) is 0 Å². The molecule has 0 atom stereocenters. The molecule has 0 aliphatic heterocycles. The lowest BCUT2D eigenvalue weighted by atomic mass is 10.2. The fourth-order valence-electron chi connectivity index (χ4n) is 2.85. The minimum absolute atomic E-state index is 0. The Balaban J connectivity index is 0. The molecular weight excluding hydrogens is 428 g/mol. The van der Waals surface area contributed by atoms with E-state index in [9.17, 15) is 0 Å². The number of hydrogen-bond acceptors (Lipinski definition) is 4. The maximum atomic E-state index is 9.14. The summed E-state index contributed by atoms with van der Waals surface area (Å²) in [5.74, 6) is -1.23. The Kier molecular flexibility index (Phi) is 17.3. The van der Waals surface area contributed by atoms with Crippen LogP contribution in [0.15, 0.2) is 73.3 Å². The Morgan fingerprint density at radius 3 is 1.31 bits per heavy atom. The second-order valence-electron chi connectivity index (χ2n) is 8.58. The Bertz CT molecular complexity index is 683. The molecule has 0 aromatic heterocycles. The number of carboxylic acid groups (broad SMARTS) is 1. The molecule has 2 rings (SSSR count). The van der Waals surface area contributed by atoms with Crippen molar-refractivity contribution in [1.82, 2.24) is 0 Å². The van der Waals surface area contributed by atoms with Crippen LogP contribution in [0.3, 0.4) is 0 Å². The first-order valence-corrected chi connectivity index (χ1v) is 10.3. The van der Waals surface area contributed by atoms with Crippen molar-refractivity contribution < 1.29 is 41.5 Å². The average molecular weight is 467 g/mol. The fraction of sp³-hybridized carbons (Fsp3) is 0.400. The summed E-state index contributed by atoms with van der Waals surface area (Å²) in [4.78, 5) is 9.14. The number of nitrogens with zero attached hydrogens (tertiary/aromatic N) is 2. The smallest absolute Gasteiger partial charge is 0.104 e. The van der Waals surface area contributed by atoms with Crippen LogP contribution in [-0.4, -0.2) is 79.6 Å². The van der Waals surface area contributed by atoms with Crippen molar-refractivity contribution in [3.8, 4) is 0 Å². The molecule has 0 aliphatic rings. The third-order valence-corrected chi connectivity index (χ3v) is 4.48. The highest BCUT2D eigenvalue weighted by Gasteiger charge is 2.14. The second kappa shape index (κ2) is 17.3. The predicted molar refractivity (Wildman–Crippen MR) is 124 cm³/mol. The van der Waals surface area contributed by atoms with E-state index in [0.717, 1.165) is 41.2 Å². The first-order valence-electron chi connectivity index (χ1n) is 10.3. The molecule has 180 valence electrons. The number of halogens is 1. The van der Waals surface area contributed by atoms with Crippen molar-refractivity contribution in [2.24, 2.45) is 0 Å². The molecule has 2 N–H and O–H groups in total. The van der Waals surface area contributed by atoms with Gasteiger partial charge in [-0.15, -0.1) is 0 Å². The van der Waals surface area contributed by atoms with Crippen LogP contribution in [0.4, 0.5) is 0 Å². The van der Waals surface area contributed by atoms with E-state index in [2.05, 4.69) is 59.0 Å². The van der Waals surface area contributed by atoms with Crippen LogP contribution in [0.2, 0.25) is 0 Å². The maximum Gasteiger partial charge on any atom is 0.104 e. The number of benzene rings is 2. The molecule has 0 fully saturated rings. The lowest BCUT2D eigenvalue weighted by Crippen LogP contribution is -3.00. The normalized spacial score (nSPS) is 10.4. The summed E-state index contributed by atoms with van der Waals surface area (Å²) < 4.78 is 1.67. The molecule has 0 amide bonds. The third-order valence-electron chi connectivity index (χ3n) is 4.48. The third kappa shape index (κ3) is 17.5. The van der Waals surface area contributed by atoms with Gasteiger partial charge in [0.05, 0.1) is 47.4 Å². The molecule has 0 saturated heterocycles. The topological polar surface area (TPSA) is 80.6 Å². The van der Waals surface area contributed by atoms with Crippen molar-refractivity contribution in [2.45, 2.75) is 13.1 Å². The van der Waals surface area contributed by atoms with Crippen molar-refractivity contribution in [3.05, 3.63) is 84.4 Å². The molecule has 32 heavy (non-hydrogen) atoms. The number of aliphatic hydroxyl groups excluding tert-OH is 2. The lowest BCUT2D eigenvalue weighted by Gasteiger charge is -2.28. The van der Waals surface area contributed by atoms with Gasteiger partial charge in [-0.05, 0) is 6.08 Å². The Morgan fingerprint density at radius 2 is 1.09 bits per heavy atom. The summed E-state index contributed by atoms with van der Waals surface area (Å²) in [5, 5.41) is 26.9. The van der Waals surface area contributed by atoms with Crippen LogP contribution in [0.1, 0.15) is 11.1 Å². The van der Waals surface area contributed by atoms with Gasteiger partial charge >= 0.3 is 0 Å². The highest BCUT2D eigenvalue weighted by atomic mass is 35.5. The summed E-state index contributed by atoms with van der Waals surface area (Å²) >= 11 is 0. The van der Waals surface area contributed by atoms with Gasteiger partial charge < -0.3 is 41.5 Å². The predicted octanol–water partition coefficient (Wildman–Crippen LogP) is -1.56. The first kappa shape index (κ1) is 32.0. The number of aliphatic hydroxyl groups is 2. The molecule has 0 unspecified atom stereocenters. The highest BCUT2D eigenvalue weighted by molar-refractivity contribution is 5.76. The SMILES string of the molecule is C=CC(=O)[O-].C[N+](C)(CCO)Cc1ccccc1.C[N+](C)(CCO)Cc1ccccc1.[Cl-]. The van der Waals surface area contributed by atoms with Crippen LogP contribution < -0.4 is 17.5 Å². The largest absolute Gasteiger partial charge is 1.00 e. The maximum absolute atomic E-state index is 9.14. The van der Waals surface area contributed by atoms with E-state index < -0.39 is 5.97 Å². The average Bonchev–Trinajstić information content (AvgIpc) is 2.69. The van der Waals surface area contributed by atoms with E-state index >= 15 is 0 Å². The zero-order valence-corrected chi connectivity index (χ0v) is 20.5. The molecule has 0 bridgehead atoms. The van der Waals surface area contributed by atoms with Gasteiger partial charge in [0.1, 0.15) is 26.2 Å². The van der Waals surface area contributed by atoms with Crippen LogP contribution in [0.25, 0.3) is 0 Å². The van der Waals surface area contributed by atoms with Gasteiger partial charge in [0.2, 0.25) is 0 Å². The first-order chi connectivity index (χ1) is 14.5. The number of aliphatic carboxylic acids is 1. The van der Waals surface area contributed by atoms with E-state index in [-0.39, 0.29) is 25.6 Å². The Labute approximate surface area is 199 Å². The minimum Gasteiger partial charge on any atom is -1.00 e. The lowest BCUT2D eigenvalue weighted by molar-refractivity contribution is -0.903. The molecule has 0 aliphatic carbocycles. The molecule has 7 heteroatoms. The van der Waals surface area contributed by atoms with Crippen molar-refractivity contribution in [2.75, 3.05) is 54.5 Å². The van der Waals surface area contributed by atoms with Gasteiger partial charge in [0.15, 0.2) is 0 Å². The van der Waals surface area contributed by atoms with Crippen LogP contribution in [0, 0.1) is 0 Å². The summed E-state index contributed by atoms with van der Waals surface area (Å²) in [6, 6.07) is 20.7. The number of carbonyl (C=O) groups excluding carboxylic acids is 1. The van der Waals surface area contributed by atoms with Crippen molar-refractivity contribution in [1.29, 1.82) is 0 Å². The molecule has 2 aromatic carbocycles. The van der Waals surface area contributed by atoms with Crippen molar-refractivity contribution in [3.63, 3.8) is 0 Å². The standard InChI is InChI=1S/2C11H18NO.C3H4O2.ClH/c2*1-12(2,8-9-13)10-11-6-4-3-5-7-11;1-2-3(4)5;/h2*3-7,13H,8-10H2,1-2H3;2H,1H2,(H,4,5);1H/q2*+1;;/p-2. The van der Waals surface area contributed by atoms with Gasteiger partial charge in [-0.1, -0.05) is 67.2 Å². The number of rotatable bonds is 9. The summed E-state index contributed by atoms with van der Waals surface area (Å²) in [5.41, 5.74) is 2.64. The molecule has 0 spiro atoms. The van der Waals surface area contributed by atoms with Gasteiger partial charge in [-0.2, -0.15) is 0 Å². The van der Waals surface area contributed by atoms with E-state index in [1.165, 1.54) is 11.1 Å². The van der Waals surface area contributed by atoms with Crippen LogP contribution in [0.5, 0.6) is 0 Å². The number of quaternary nitrogens is 2. The monoisotopic (exact) mass is 466 g/mol. The van der Waals surface area contributed by atoms with Crippen LogP contribution in [-0.2, 0) is 17.9 Å². The quantitative estimate of drug-likeness (QED) is 0.346. The minimum atomic E-state index is -1.23. The number of carboxylic acids is 1. The van der Waals surface area contributed by atoms with Gasteiger partial charge in [0.25, 0.3) is 0 Å². The summed E-state index contributed by atoms with van der Waals surface area (Å²) in [7, 11) is 8.51. The molecular formula is C25H39ClN2O4. The molecule has 6 nitrogen and oxygen atoms in total. The Hall–Kier alpha value is -2.22. The zero-order valence-electron chi connectivity index (χ0n) is 19.8. The fourth-order valence-corrected chi connectivity index (χ4v) is 2.85. The molecule has 0 radical (unpaired) electrons. The van der Waals surface area contributed by atoms with Gasteiger partial charge in [-0.3, -0.25) is 0 Å². The molecule has 2 aromatic rings. The molecule has 0 heterocycles. The van der Waals surface area contributed by atoms with E-state index in [1.54, 1.807) is 0 Å². The second-order valence-corrected chi connectivity index (χ2v) is 8.58. The number of carbonyl (C=O) groups is 1. The van der Waals surface area contributed by atoms with E-state index in [4.69, 9.17) is 20.1 Å². The van der Waals surface area contributed by atoms with Gasteiger partial charge in [-0.25, -0.2) is 0 Å². The zero-order chi connectivity index (χ0) is 23.8. The highest BCUT2D eigenvalue weighted by Crippen LogP contribution is 2.08. The summed E-state index contributed by atoms with van der Waals surface area (Å²) in [6.45, 7) is 6.95. The van der Waals surface area contributed by atoms with Gasteiger partial charge in [0, 0.05) is 11.1 Å². The number of hydrogen-bond donors (Lipinski definition) is 2. The number of likely N-dealkylation sites (N-methyl/N-ethyl adjacent to an activating group) is 2. The summed E-state index contributed by atoms with van der Waals surface area (Å²) in [6.07, 6.45) is 0.722. The van der Waals surface area contributed by atoms with E-state index in [1.807, 2.05) is 36.4 Å².